The van der Waals surface area contributed by atoms with Crippen LogP contribution >= 0.6 is 22.6 Å². The Kier molecular flexibility index (Phi) is 5.03. The summed E-state index contributed by atoms with van der Waals surface area (Å²) in [6.07, 6.45) is 6.33. The van der Waals surface area contributed by atoms with Crippen molar-refractivity contribution in [2.75, 3.05) is 0 Å². The molecule has 2 aliphatic heterocycles. The van der Waals surface area contributed by atoms with Gasteiger partial charge in [0, 0.05) is 24.4 Å². The van der Waals surface area contributed by atoms with E-state index in [1.807, 2.05) is 6.92 Å². The number of carbonyl (C=O) groups is 1. The molecule has 2 heterocycles. The third-order valence-corrected chi connectivity index (χ3v) is 5.44. The summed E-state index contributed by atoms with van der Waals surface area (Å²) in [5.41, 5.74) is 2.58. The minimum Gasteiger partial charge on any atom is -0.310 e. The molecule has 1 aromatic carbocycles. The first-order valence-electron chi connectivity index (χ1n) is 8.31. The smallest absolute Gasteiger partial charge is 0.137 e. The largest absolute Gasteiger partial charge is 0.310 e. The maximum atomic E-state index is 12.5. The second-order valence-electron chi connectivity index (χ2n) is 6.63. The van der Waals surface area contributed by atoms with Gasteiger partial charge in [-0.1, -0.05) is 31.2 Å². The van der Waals surface area contributed by atoms with Gasteiger partial charge >= 0.3 is 0 Å². The van der Waals surface area contributed by atoms with Gasteiger partial charge in [-0.2, -0.15) is 0 Å². The Bertz CT molecular complexity index is 574. The summed E-state index contributed by atoms with van der Waals surface area (Å²) in [5.74, 6) is 0.983. The van der Waals surface area contributed by atoms with Crippen molar-refractivity contribution in [1.29, 1.82) is 0 Å². The van der Waals surface area contributed by atoms with Crippen molar-refractivity contribution in [1.82, 2.24) is 5.32 Å². The van der Waals surface area contributed by atoms with Crippen LogP contribution in [0.25, 0.3) is 6.08 Å². The molecule has 2 aliphatic rings. The molecule has 2 nitrogen and oxygen atoms in total. The number of allylic oxidation sites excluding steroid dienone is 1. The van der Waals surface area contributed by atoms with E-state index in [9.17, 15) is 4.79 Å². The maximum Gasteiger partial charge on any atom is 0.137 e. The van der Waals surface area contributed by atoms with E-state index >= 15 is 0 Å². The second-order valence-corrected chi connectivity index (χ2v) is 8.33. The Morgan fingerprint density at radius 2 is 2.05 bits per heavy atom. The lowest BCUT2D eigenvalue weighted by Gasteiger charge is -2.37. The number of fused-ring (bicyclic) bond motifs is 2. The third kappa shape index (κ3) is 3.30. The minimum absolute atomic E-state index is 0.163. The molecule has 2 bridgehead atoms. The molecule has 0 aliphatic carbocycles. The summed E-state index contributed by atoms with van der Waals surface area (Å²) in [5, 5.41) is 3.66. The highest BCUT2D eigenvalue weighted by Crippen LogP contribution is 2.42. The molecule has 2 fully saturated rings. The summed E-state index contributed by atoms with van der Waals surface area (Å²) in [4.78, 5) is 12.5. The second kappa shape index (κ2) is 6.83. The van der Waals surface area contributed by atoms with Gasteiger partial charge in [0.1, 0.15) is 5.78 Å². The molecule has 0 amide bonds. The van der Waals surface area contributed by atoms with Crippen LogP contribution in [-0.4, -0.2) is 17.9 Å². The van der Waals surface area contributed by atoms with Gasteiger partial charge in [-0.05, 0) is 75.5 Å². The van der Waals surface area contributed by atoms with E-state index in [0.717, 1.165) is 12.8 Å². The fourth-order valence-corrected chi connectivity index (χ4v) is 4.51. The van der Waals surface area contributed by atoms with Crippen LogP contribution in [0.15, 0.2) is 27.8 Å². The van der Waals surface area contributed by atoms with E-state index in [1.165, 1.54) is 21.1 Å². The fraction of sp³-hybridized carbons (Fsp3) is 0.526. The predicted octanol–water partition coefficient (Wildman–Crippen LogP) is 4.69. The van der Waals surface area contributed by atoms with Crippen molar-refractivity contribution in [2.24, 2.45) is 5.92 Å². The van der Waals surface area contributed by atoms with Gasteiger partial charge in [-0.3, -0.25) is 4.79 Å². The molecule has 0 radical (unpaired) electrons. The first-order valence-corrected chi connectivity index (χ1v) is 9.39. The van der Waals surface area contributed by atoms with Crippen molar-refractivity contribution in [2.45, 2.75) is 57.5 Å². The van der Waals surface area contributed by atoms with Crippen molar-refractivity contribution < 1.29 is 4.79 Å². The average Bonchev–Trinajstić information content (AvgIpc) is 2.88. The first kappa shape index (κ1) is 16.2. The summed E-state index contributed by atoms with van der Waals surface area (Å²) in [6, 6.07) is 9.84. The third-order valence-electron chi connectivity index (χ3n) is 5.13. The van der Waals surface area contributed by atoms with Crippen molar-refractivity contribution in [3.8, 4) is 0 Å². The van der Waals surface area contributed by atoms with E-state index in [2.05, 4.69) is 65.2 Å². The Labute approximate surface area is 146 Å². The van der Waals surface area contributed by atoms with E-state index < -0.39 is 0 Å². The number of hydrogen-bond acceptors (Lipinski definition) is 2. The normalized spacial score (nSPS) is 31.3. The summed E-state index contributed by atoms with van der Waals surface area (Å²) in [6.45, 7) is 4.10. The topological polar surface area (TPSA) is 29.1 Å². The number of hydrogen-bond donors (Lipinski definition) is 1. The lowest BCUT2D eigenvalue weighted by atomic mass is 9.74. The SMILES string of the molecule is CCC(=O)[C@H]1[C@@H](c2ccc(/C=C(\C)I)cc2)C[C@@H]2CC[C@H]1N2. The molecule has 2 saturated heterocycles. The molecule has 0 saturated carbocycles. The number of ketones is 1. The van der Waals surface area contributed by atoms with Crippen LogP contribution in [0.2, 0.25) is 0 Å². The van der Waals surface area contributed by atoms with E-state index in [-0.39, 0.29) is 5.92 Å². The highest BCUT2D eigenvalue weighted by atomic mass is 127. The summed E-state index contributed by atoms with van der Waals surface area (Å²) < 4.78 is 1.28. The van der Waals surface area contributed by atoms with Crippen LogP contribution in [-0.2, 0) is 4.79 Å². The zero-order valence-corrected chi connectivity index (χ0v) is 15.5. The van der Waals surface area contributed by atoms with Crippen LogP contribution in [0.4, 0.5) is 0 Å². The average molecular weight is 409 g/mol. The van der Waals surface area contributed by atoms with E-state index in [0.29, 0.717) is 30.2 Å². The monoisotopic (exact) mass is 409 g/mol. The Balaban J connectivity index is 1.87. The first-order chi connectivity index (χ1) is 10.6. The molecule has 1 N–H and O–H groups in total. The number of halogens is 1. The predicted molar refractivity (Wildman–Crippen MR) is 100 cm³/mol. The molecule has 1 aromatic rings. The summed E-state index contributed by atoms with van der Waals surface area (Å²) in [7, 11) is 0. The Hall–Kier alpha value is -0.680. The minimum atomic E-state index is 0.163. The molecule has 0 aromatic heterocycles. The van der Waals surface area contributed by atoms with Crippen LogP contribution < -0.4 is 5.32 Å². The van der Waals surface area contributed by atoms with Gasteiger partial charge in [0.25, 0.3) is 0 Å². The van der Waals surface area contributed by atoms with E-state index in [4.69, 9.17) is 0 Å². The van der Waals surface area contributed by atoms with Gasteiger partial charge in [0.05, 0.1) is 0 Å². The van der Waals surface area contributed by atoms with E-state index in [1.54, 1.807) is 0 Å². The van der Waals surface area contributed by atoms with Crippen LogP contribution in [0.1, 0.15) is 56.6 Å². The zero-order valence-electron chi connectivity index (χ0n) is 13.3. The maximum absolute atomic E-state index is 12.5. The molecule has 118 valence electrons. The molecule has 0 spiro atoms. The van der Waals surface area contributed by atoms with Gasteiger partial charge in [-0.25, -0.2) is 0 Å². The highest BCUT2D eigenvalue weighted by molar-refractivity contribution is 14.1. The van der Waals surface area contributed by atoms with Crippen LogP contribution in [0, 0.1) is 5.92 Å². The molecule has 4 atom stereocenters. The highest BCUT2D eigenvalue weighted by Gasteiger charge is 2.44. The molecule has 22 heavy (non-hydrogen) atoms. The molecule has 3 heteroatoms. The summed E-state index contributed by atoms with van der Waals surface area (Å²) >= 11 is 2.34. The van der Waals surface area contributed by atoms with Gasteiger partial charge in [0.15, 0.2) is 0 Å². The number of piperidine rings is 1. The standard InChI is InChI=1S/C19H24INO/c1-3-18(22)19-16(11-15-8-9-17(19)21-15)14-6-4-13(5-7-14)10-12(2)20/h4-7,10,15-17,19,21H,3,8-9,11H2,1-2H3/b12-10+/t15-,16+,17+,19-/m0/s1. The number of Topliss-reactive ketones (excluding diaryl/α,β-unsaturated/α-hetero) is 1. The number of benzene rings is 1. The van der Waals surface area contributed by atoms with Gasteiger partial charge in [-0.15, -0.1) is 0 Å². The van der Waals surface area contributed by atoms with Crippen LogP contribution in [0.3, 0.4) is 0 Å². The van der Waals surface area contributed by atoms with Crippen molar-refractivity contribution in [3.05, 3.63) is 39.0 Å². The Morgan fingerprint density at radius 3 is 2.68 bits per heavy atom. The molecular weight excluding hydrogens is 385 g/mol. The van der Waals surface area contributed by atoms with Gasteiger partial charge < -0.3 is 5.32 Å². The molecule has 0 unspecified atom stereocenters. The quantitative estimate of drug-likeness (QED) is 0.732. The Morgan fingerprint density at radius 1 is 1.32 bits per heavy atom. The number of rotatable bonds is 4. The lowest BCUT2D eigenvalue weighted by Crippen LogP contribution is -2.47. The van der Waals surface area contributed by atoms with Gasteiger partial charge in [0.2, 0.25) is 0 Å². The fourth-order valence-electron chi connectivity index (χ4n) is 4.15. The molecule has 3 rings (SSSR count). The lowest BCUT2D eigenvalue weighted by molar-refractivity contribution is -0.124. The number of carbonyl (C=O) groups excluding carboxylic acids is 1. The van der Waals surface area contributed by atoms with Crippen molar-refractivity contribution in [3.63, 3.8) is 0 Å². The zero-order chi connectivity index (χ0) is 15.7. The number of nitrogens with one attached hydrogen (secondary N) is 1. The van der Waals surface area contributed by atoms with Crippen molar-refractivity contribution >= 4 is 34.5 Å². The van der Waals surface area contributed by atoms with Crippen LogP contribution in [0.5, 0.6) is 0 Å². The molecular formula is C19H24INO.